The van der Waals surface area contributed by atoms with Crippen molar-refractivity contribution in [3.05, 3.63) is 89.5 Å². The van der Waals surface area contributed by atoms with E-state index >= 15 is 0 Å². The lowest BCUT2D eigenvalue weighted by Crippen LogP contribution is -2.38. The molecule has 1 aliphatic heterocycles. The quantitative estimate of drug-likeness (QED) is 0.117. The van der Waals surface area contributed by atoms with E-state index in [1.54, 1.807) is 47.7 Å². The van der Waals surface area contributed by atoms with E-state index in [2.05, 4.69) is 15.8 Å². The maximum atomic E-state index is 12.7. The van der Waals surface area contributed by atoms with Crippen LogP contribution in [0.25, 0.3) is 22.6 Å². The molecule has 0 bridgehead atoms. The van der Waals surface area contributed by atoms with Crippen molar-refractivity contribution in [2.75, 3.05) is 54.1 Å². The first-order valence-corrected chi connectivity index (χ1v) is 15.9. The predicted molar refractivity (Wildman–Crippen MR) is 187 cm³/mol. The van der Waals surface area contributed by atoms with Crippen LogP contribution in [0.2, 0.25) is 0 Å². The number of hydrogen-bond donors (Lipinski definition) is 2. The Morgan fingerprint density at radius 3 is 2.04 bits per heavy atom. The summed E-state index contributed by atoms with van der Waals surface area (Å²) in [6, 6.07) is 22.4. The number of hydrogen-bond acceptors (Lipinski definition) is 11. The van der Waals surface area contributed by atoms with Crippen LogP contribution in [0.4, 0.5) is 5.69 Å². The van der Waals surface area contributed by atoms with Crippen LogP contribution in [0.1, 0.15) is 34.1 Å². The summed E-state index contributed by atoms with van der Waals surface area (Å²) in [5.41, 5.74) is 5.39. The number of nitrogens with one attached hydrogen (secondary N) is 2. The Kier molecular flexibility index (Phi) is 10.2. The van der Waals surface area contributed by atoms with Crippen molar-refractivity contribution in [2.45, 2.75) is 19.5 Å². The normalized spacial score (nSPS) is 13.4. The second-order valence-electron chi connectivity index (χ2n) is 11.4. The molecule has 0 saturated carbocycles. The van der Waals surface area contributed by atoms with Gasteiger partial charge in [-0.05, 0) is 67.1 Å². The van der Waals surface area contributed by atoms with Gasteiger partial charge in [-0.15, -0.1) is 0 Å². The summed E-state index contributed by atoms with van der Waals surface area (Å²) in [5, 5.41) is 10.7. The average Bonchev–Trinajstić information content (AvgIpc) is 3.65. The maximum absolute atomic E-state index is 12.7. The van der Waals surface area contributed by atoms with E-state index in [1.165, 1.54) is 0 Å². The summed E-state index contributed by atoms with van der Waals surface area (Å²) >= 11 is 0. The molecule has 1 atom stereocenters. The first-order valence-electron chi connectivity index (χ1n) is 15.9. The molecule has 1 unspecified atom stereocenters. The molecule has 1 amide bonds. The molecule has 2 N–H and O–H groups in total. The molecule has 12 heteroatoms. The molecule has 0 aliphatic carbocycles. The first-order chi connectivity index (χ1) is 24.3. The maximum Gasteiger partial charge on any atom is 0.255 e. The fourth-order valence-corrected chi connectivity index (χ4v) is 5.66. The van der Waals surface area contributed by atoms with Gasteiger partial charge in [0, 0.05) is 29.3 Å². The molecule has 0 fully saturated rings. The third kappa shape index (κ3) is 7.05. The fourth-order valence-electron chi connectivity index (χ4n) is 5.66. The molecule has 4 aromatic carbocycles. The molecule has 12 nitrogen and oxygen atoms in total. The van der Waals surface area contributed by atoms with Gasteiger partial charge >= 0.3 is 0 Å². The van der Waals surface area contributed by atoms with Gasteiger partial charge in [-0.3, -0.25) is 4.79 Å². The first kappa shape index (κ1) is 33.8. The zero-order chi connectivity index (χ0) is 35.2. The van der Waals surface area contributed by atoms with Crippen molar-refractivity contribution < 1.29 is 42.5 Å². The van der Waals surface area contributed by atoms with Crippen LogP contribution in [0.5, 0.6) is 40.2 Å². The molecule has 0 radical (unpaired) electrons. The van der Waals surface area contributed by atoms with Crippen molar-refractivity contribution in [3.8, 4) is 62.8 Å². The fraction of sp³-hybridized carbons (Fsp3) is 0.263. The summed E-state index contributed by atoms with van der Waals surface area (Å²) in [4.78, 5) is 12.7. The Balaban J connectivity index is 1.08. The number of fused-ring (bicyclic) bond motifs is 1. The van der Waals surface area contributed by atoms with Gasteiger partial charge in [-0.1, -0.05) is 22.9 Å². The second-order valence-corrected chi connectivity index (χ2v) is 11.4. The van der Waals surface area contributed by atoms with Crippen LogP contribution in [-0.4, -0.2) is 59.8 Å². The minimum Gasteiger partial charge on any atom is -0.493 e. The van der Waals surface area contributed by atoms with Crippen LogP contribution >= 0.6 is 0 Å². The molecule has 5 aromatic rings. The van der Waals surface area contributed by atoms with E-state index < -0.39 is 6.17 Å². The summed E-state index contributed by atoms with van der Waals surface area (Å²) in [5.74, 6) is 4.19. The third-order valence-corrected chi connectivity index (χ3v) is 8.24. The largest absolute Gasteiger partial charge is 0.493 e. The van der Waals surface area contributed by atoms with Crippen LogP contribution in [0.3, 0.4) is 0 Å². The molecule has 0 saturated heterocycles. The minimum absolute atomic E-state index is 0.129. The lowest BCUT2D eigenvalue weighted by molar-refractivity contribution is 0.0935. The highest BCUT2D eigenvalue weighted by molar-refractivity contribution is 6.02. The Morgan fingerprint density at radius 1 is 0.660 bits per heavy atom. The van der Waals surface area contributed by atoms with E-state index in [0.29, 0.717) is 82.5 Å². The Bertz CT molecular complexity index is 1970. The molecule has 1 aromatic heterocycles. The van der Waals surface area contributed by atoms with Crippen LogP contribution < -0.4 is 43.8 Å². The van der Waals surface area contributed by atoms with Crippen molar-refractivity contribution in [1.82, 2.24) is 10.5 Å². The summed E-state index contributed by atoms with van der Waals surface area (Å²) < 4.78 is 45.4. The van der Waals surface area contributed by atoms with Gasteiger partial charge in [0.05, 0.1) is 54.3 Å². The number of methoxy groups -OCH3 is 5. The van der Waals surface area contributed by atoms with E-state index in [4.69, 9.17) is 37.7 Å². The number of carbonyl (C=O) groups is 1. The summed E-state index contributed by atoms with van der Waals surface area (Å²) in [6.45, 7) is 2.71. The van der Waals surface area contributed by atoms with Gasteiger partial charge in [0.25, 0.3) is 5.91 Å². The molecular formula is C38H39N3O9. The molecule has 6 rings (SSSR count). The van der Waals surface area contributed by atoms with E-state index in [1.807, 2.05) is 67.6 Å². The monoisotopic (exact) mass is 681 g/mol. The summed E-state index contributed by atoms with van der Waals surface area (Å²) in [6.07, 6.45) is 0.183. The highest BCUT2D eigenvalue weighted by Gasteiger charge is 2.25. The van der Waals surface area contributed by atoms with Crippen LogP contribution in [0.15, 0.2) is 77.3 Å². The second kappa shape index (κ2) is 15.0. The molecule has 260 valence electrons. The number of aromatic nitrogens is 1. The Hall–Kier alpha value is -6.04. The number of aryl methyl sites for hydroxylation is 1. The van der Waals surface area contributed by atoms with Crippen LogP contribution in [-0.2, 0) is 0 Å². The van der Waals surface area contributed by atoms with Gasteiger partial charge in [0.15, 0.2) is 40.3 Å². The highest BCUT2D eigenvalue weighted by Crippen LogP contribution is 2.42. The van der Waals surface area contributed by atoms with Crippen LogP contribution in [0, 0.1) is 6.92 Å². The lowest BCUT2D eigenvalue weighted by atomic mass is 10.0. The topological polar surface area (TPSA) is 132 Å². The number of amides is 1. The Morgan fingerprint density at radius 2 is 1.34 bits per heavy atom. The van der Waals surface area contributed by atoms with E-state index in [-0.39, 0.29) is 5.91 Å². The van der Waals surface area contributed by atoms with E-state index in [9.17, 15) is 4.79 Å². The van der Waals surface area contributed by atoms with Gasteiger partial charge in [0.2, 0.25) is 5.75 Å². The number of ether oxygens (including phenoxy) is 7. The van der Waals surface area contributed by atoms with Crippen molar-refractivity contribution in [3.63, 3.8) is 0 Å². The van der Waals surface area contributed by atoms with Crippen molar-refractivity contribution in [1.29, 1.82) is 0 Å². The molecule has 50 heavy (non-hydrogen) atoms. The number of carbonyl (C=O) groups excluding carboxylic acids is 1. The zero-order valence-corrected chi connectivity index (χ0v) is 28.7. The predicted octanol–water partition coefficient (Wildman–Crippen LogP) is 7.06. The molecular weight excluding hydrogens is 642 g/mol. The lowest BCUT2D eigenvalue weighted by Gasteiger charge is -2.28. The number of nitrogens with zero attached hydrogens (tertiary/aromatic N) is 1. The van der Waals surface area contributed by atoms with Gasteiger partial charge in [-0.25, -0.2) is 0 Å². The SMILES string of the molecule is COc1cc(C2NC(=O)c3cc(C)ccc3N2)ccc1OCCCOc1cc(-c2cc(-c3cc(OC)c(OC)c(OC)c3)on2)ccc1OC. The highest BCUT2D eigenvalue weighted by atomic mass is 16.5. The van der Waals surface area contributed by atoms with E-state index in [0.717, 1.165) is 22.4 Å². The van der Waals surface area contributed by atoms with Crippen molar-refractivity contribution >= 4 is 11.6 Å². The average molecular weight is 682 g/mol. The van der Waals surface area contributed by atoms with Gasteiger partial charge in [0.1, 0.15) is 11.9 Å². The van der Waals surface area contributed by atoms with Gasteiger partial charge in [-0.2, -0.15) is 0 Å². The Labute approximate surface area is 290 Å². The molecule has 2 heterocycles. The smallest absolute Gasteiger partial charge is 0.255 e. The summed E-state index contributed by atoms with van der Waals surface area (Å²) in [7, 11) is 7.85. The number of anilines is 1. The van der Waals surface area contributed by atoms with Crippen molar-refractivity contribution in [2.24, 2.45) is 0 Å². The van der Waals surface area contributed by atoms with Gasteiger partial charge < -0.3 is 48.3 Å². The minimum atomic E-state index is -0.405. The number of rotatable bonds is 14. The number of benzene rings is 4. The zero-order valence-electron chi connectivity index (χ0n) is 28.7. The standard InChI is InChI=1S/C38H39N3O9/c1-22-8-11-27-26(16-22)38(42)40-37(39-27)24-10-13-30(32(18-24)44-3)48-14-7-15-49-33-17-23(9-12-29(33)43-2)28-21-31(50-41-28)25-19-34(45-4)36(47-6)35(20-25)46-5/h8-13,16-21,37,39H,7,14-15H2,1-6H3,(H,40,42). The third-order valence-electron chi connectivity index (χ3n) is 8.24. The molecule has 0 spiro atoms. The molecule has 1 aliphatic rings.